The molecule has 0 amide bonds. The highest BCUT2D eigenvalue weighted by atomic mass is 15.1. The van der Waals surface area contributed by atoms with Gasteiger partial charge in [0.15, 0.2) is 0 Å². The van der Waals surface area contributed by atoms with Crippen molar-refractivity contribution in [2.45, 2.75) is 32.1 Å². The first-order valence-electron chi connectivity index (χ1n) is 4.64. The standard InChI is InChI=1S/C10H12N2/c1-2-7-4-9-6-11-12-10(9)5-8(7)3-1/h6H,1-5H2,(H,11,12). The molecule has 1 N–H and O–H groups in total. The fourth-order valence-corrected chi connectivity index (χ4v) is 2.38. The van der Waals surface area contributed by atoms with Gasteiger partial charge in [0.2, 0.25) is 0 Å². The predicted molar refractivity (Wildman–Crippen MR) is 46.9 cm³/mol. The van der Waals surface area contributed by atoms with E-state index in [0.717, 1.165) is 6.42 Å². The van der Waals surface area contributed by atoms with Crippen molar-refractivity contribution in [1.29, 1.82) is 0 Å². The summed E-state index contributed by atoms with van der Waals surface area (Å²) in [4.78, 5) is 0. The van der Waals surface area contributed by atoms with E-state index in [0.29, 0.717) is 0 Å². The number of nitrogens with zero attached hydrogens (tertiary/aromatic N) is 1. The second-order valence-corrected chi connectivity index (χ2v) is 3.79. The molecule has 0 spiro atoms. The summed E-state index contributed by atoms with van der Waals surface area (Å²) < 4.78 is 0. The number of hydrogen-bond donors (Lipinski definition) is 1. The quantitative estimate of drug-likeness (QED) is 0.578. The van der Waals surface area contributed by atoms with E-state index in [4.69, 9.17) is 0 Å². The summed E-state index contributed by atoms with van der Waals surface area (Å²) in [5.74, 6) is 0. The zero-order chi connectivity index (χ0) is 7.97. The molecule has 0 radical (unpaired) electrons. The maximum Gasteiger partial charge on any atom is 0.0525 e. The van der Waals surface area contributed by atoms with Crippen molar-refractivity contribution in [3.8, 4) is 0 Å². The molecule has 0 aromatic carbocycles. The van der Waals surface area contributed by atoms with Crippen LogP contribution in [0.5, 0.6) is 0 Å². The van der Waals surface area contributed by atoms with Crippen LogP contribution in [0.4, 0.5) is 0 Å². The molecule has 12 heavy (non-hydrogen) atoms. The number of aromatic amines is 1. The van der Waals surface area contributed by atoms with Gasteiger partial charge >= 0.3 is 0 Å². The van der Waals surface area contributed by atoms with Crippen molar-refractivity contribution >= 4 is 0 Å². The minimum absolute atomic E-state index is 1.14. The first kappa shape index (κ1) is 6.46. The van der Waals surface area contributed by atoms with Crippen molar-refractivity contribution < 1.29 is 0 Å². The van der Waals surface area contributed by atoms with Gasteiger partial charge in [-0.1, -0.05) is 11.1 Å². The maximum absolute atomic E-state index is 4.08. The van der Waals surface area contributed by atoms with Gasteiger partial charge in [0, 0.05) is 12.1 Å². The molecule has 0 saturated carbocycles. The van der Waals surface area contributed by atoms with Gasteiger partial charge in [-0.15, -0.1) is 0 Å². The number of fused-ring (bicyclic) bond motifs is 1. The van der Waals surface area contributed by atoms with Gasteiger partial charge in [-0.2, -0.15) is 5.10 Å². The molecular formula is C10H12N2. The zero-order valence-corrected chi connectivity index (χ0v) is 7.06. The van der Waals surface area contributed by atoms with Gasteiger partial charge in [0.05, 0.1) is 6.20 Å². The Morgan fingerprint density at radius 2 is 2.00 bits per heavy atom. The molecule has 1 aromatic rings. The van der Waals surface area contributed by atoms with E-state index in [-0.39, 0.29) is 0 Å². The summed E-state index contributed by atoms with van der Waals surface area (Å²) in [5.41, 5.74) is 6.17. The SMILES string of the molecule is c1n[nH]c2c1CC1=C(CCC1)C2. The van der Waals surface area contributed by atoms with Gasteiger partial charge in [0.1, 0.15) is 0 Å². The first-order chi connectivity index (χ1) is 5.93. The Hall–Kier alpha value is -1.05. The molecule has 0 saturated heterocycles. The lowest BCUT2D eigenvalue weighted by Gasteiger charge is -2.13. The molecule has 0 unspecified atom stereocenters. The fourth-order valence-electron chi connectivity index (χ4n) is 2.38. The summed E-state index contributed by atoms with van der Waals surface area (Å²) in [6.07, 6.45) is 8.33. The Morgan fingerprint density at radius 1 is 1.17 bits per heavy atom. The van der Waals surface area contributed by atoms with E-state index in [1.54, 1.807) is 11.1 Å². The third-order valence-electron chi connectivity index (χ3n) is 3.06. The highest BCUT2D eigenvalue weighted by Crippen LogP contribution is 2.35. The number of nitrogens with one attached hydrogen (secondary N) is 1. The maximum atomic E-state index is 4.08. The molecule has 1 aromatic heterocycles. The Bertz CT molecular complexity index is 316. The lowest BCUT2D eigenvalue weighted by Crippen LogP contribution is -2.03. The number of rotatable bonds is 0. The van der Waals surface area contributed by atoms with Gasteiger partial charge in [0.25, 0.3) is 0 Å². The molecule has 1 heterocycles. The predicted octanol–water partition coefficient (Wildman–Crippen LogP) is 1.99. The van der Waals surface area contributed by atoms with Crippen LogP contribution < -0.4 is 0 Å². The Balaban J connectivity index is 2.03. The smallest absolute Gasteiger partial charge is 0.0525 e. The van der Waals surface area contributed by atoms with Crippen LogP contribution in [-0.4, -0.2) is 10.2 Å². The molecule has 2 aliphatic carbocycles. The molecule has 0 bridgehead atoms. The molecule has 62 valence electrons. The van der Waals surface area contributed by atoms with Crippen molar-refractivity contribution in [2.75, 3.05) is 0 Å². The number of aromatic nitrogens is 2. The average molecular weight is 160 g/mol. The largest absolute Gasteiger partial charge is 0.282 e. The topological polar surface area (TPSA) is 28.7 Å². The summed E-state index contributed by atoms with van der Waals surface area (Å²) in [5, 5.41) is 7.17. The minimum atomic E-state index is 1.14. The van der Waals surface area contributed by atoms with E-state index in [9.17, 15) is 0 Å². The Morgan fingerprint density at radius 3 is 2.92 bits per heavy atom. The van der Waals surface area contributed by atoms with E-state index >= 15 is 0 Å². The van der Waals surface area contributed by atoms with Crippen LogP contribution in [0.2, 0.25) is 0 Å². The number of hydrogen-bond acceptors (Lipinski definition) is 1. The monoisotopic (exact) mass is 160 g/mol. The highest BCUT2D eigenvalue weighted by Gasteiger charge is 2.22. The van der Waals surface area contributed by atoms with Crippen LogP contribution in [0.25, 0.3) is 0 Å². The van der Waals surface area contributed by atoms with E-state index < -0.39 is 0 Å². The van der Waals surface area contributed by atoms with Gasteiger partial charge in [-0.05, 0) is 31.2 Å². The summed E-state index contributed by atoms with van der Waals surface area (Å²) in [6, 6.07) is 0. The lowest BCUT2D eigenvalue weighted by molar-refractivity contribution is 0.874. The van der Waals surface area contributed by atoms with Gasteiger partial charge < -0.3 is 0 Å². The molecule has 2 aliphatic rings. The fraction of sp³-hybridized carbons (Fsp3) is 0.500. The molecule has 0 aliphatic heterocycles. The molecule has 2 nitrogen and oxygen atoms in total. The van der Waals surface area contributed by atoms with Crippen LogP contribution in [0, 0.1) is 0 Å². The average Bonchev–Trinajstić information content (AvgIpc) is 2.64. The van der Waals surface area contributed by atoms with Gasteiger partial charge in [-0.25, -0.2) is 0 Å². The molecule has 3 rings (SSSR count). The van der Waals surface area contributed by atoms with Crippen LogP contribution in [0.1, 0.15) is 30.5 Å². The highest BCUT2D eigenvalue weighted by molar-refractivity contribution is 5.37. The Kier molecular flexibility index (Phi) is 1.20. The molecule has 2 heteroatoms. The molecule has 0 fully saturated rings. The van der Waals surface area contributed by atoms with Crippen molar-refractivity contribution in [3.05, 3.63) is 28.6 Å². The molecular weight excluding hydrogens is 148 g/mol. The van der Waals surface area contributed by atoms with E-state index in [2.05, 4.69) is 10.2 Å². The molecule has 0 atom stereocenters. The number of allylic oxidation sites excluding steroid dienone is 2. The number of H-pyrrole nitrogens is 1. The summed E-state index contributed by atoms with van der Waals surface area (Å²) in [7, 11) is 0. The third kappa shape index (κ3) is 0.779. The minimum Gasteiger partial charge on any atom is -0.282 e. The van der Waals surface area contributed by atoms with Crippen molar-refractivity contribution in [3.63, 3.8) is 0 Å². The van der Waals surface area contributed by atoms with Crippen LogP contribution in [-0.2, 0) is 12.8 Å². The Labute approximate surface area is 71.7 Å². The first-order valence-corrected chi connectivity index (χ1v) is 4.64. The third-order valence-corrected chi connectivity index (χ3v) is 3.06. The van der Waals surface area contributed by atoms with Crippen molar-refractivity contribution in [2.24, 2.45) is 0 Å². The van der Waals surface area contributed by atoms with Crippen LogP contribution >= 0.6 is 0 Å². The second-order valence-electron chi connectivity index (χ2n) is 3.79. The van der Waals surface area contributed by atoms with E-state index in [1.807, 2.05) is 6.20 Å². The summed E-state index contributed by atoms with van der Waals surface area (Å²) >= 11 is 0. The summed E-state index contributed by atoms with van der Waals surface area (Å²) in [6.45, 7) is 0. The lowest BCUT2D eigenvalue weighted by atomic mass is 9.92. The van der Waals surface area contributed by atoms with Crippen LogP contribution in [0.3, 0.4) is 0 Å². The van der Waals surface area contributed by atoms with Gasteiger partial charge in [-0.3, -0.25) is 5.10 Å². The second kappa shape index (κ2) is 2.22. The van der Waals surface area contributed by atoms with Crippen LogP contribution in [0.15, 0.2) is 17.3 Å². The van der Waals surface area contributed by atoms with E-state index in [1.165, 1.54) is 36.9 Å². The normalized spacial score (nSPS) is 21.0. The zero-order valence-electron chi connectivity index (χ0n) is 7.06. The van der Waals surface area contributed by atoms with Crippen molar-refractivity contribution in [1.82, 2.24) is 10.2 Å².